The molecule has 0 heterocycles. The number of phenolic OH excluding ortho intramolecular Hbond substituents is 1. The van der Waals surface area contributed by atoms with Crippen molar-refractivity contribution in [3.63, 3.8) is 0 Å². The van der Waals surface area contributed by atoms with Gasteiger partial charge in [0.2, 0.25) is 0 Å². The molecule has 0 amide bonds. The van der Waals surface area contributed by atoms with Crippen molar-refractivity contribution in [1.29, 1.82) is 5.26 Å². The molecule has 0 saturated carbocycles. The van der Waals surface area contributed by atoms with E-state index in [1.165, 1.54) is 12.1 Å². The molecule has 14 heavy (non-hydrogen) atoms. The van der Waals surface area contributed by atoms with E-state index in [-0.39, 0.29) is 11.5 Å². The summed E-state index contributed by atoms with van der Waals surface area (Å²) in [6.07, 6.45) is 1.33. The predicted octanol–water partition coefficient (Wildman–Crippen LogP) is 2.27. The number of aromatic hydroxyl groups is 1. The number of Topliss-reactive ketones (excluding diaryl/α,β-unsaturated/α-hetero) is 1. The van der Waals surface area contributed by atoms with Crippen LogP contribution in [0, 0.1) is 11.3 Å². The molecule has 0 aliphatic rings. The Labute approximate surface area is 82.6 Å². The molecule has 1 aromatic carbocycles. The van der Waals surface area contributed by atoms with E-state index in [2.05, 4.69) is 0 Å². The first-order valence-corrected chi connectivity index (χ1v) is 4.43. The van der Waals surface area contributed by atoms with E-state index in [1.807, 2.05) is 6.07 Å². The summed E-state index contributed by atoms with van der Waals surface area (Å²) in [6, 6.07) is 8.24. The minimum absolute atomic E-state index is 0.0313. The van der Waals surface area contributed by atoms with E-state index in [0.717, 1.165) is 0 Å². The zero-order chi connectivity index (χ0) is 10.4. The number of hydrogen-bond donors (Lipinski definition) is 1. The van der Waals surface area contributed by atoms with Crippen molar-refractivity contribution >= 4 is 5.78 Å². The van der Waals surface area contributed by atoms with Gasteiger partial charge < -0.3 is 5.11 Å². The molecular weight excluding hydrogens is 178 g/mol. The maximum absolute atomic E-state index is 11.5. The van der Waals surface area contributed by atoms with Crippen LogP contribution in [0.25, 0.3) is 0 Å². The molecular formula is C11H11NO2. The highest BCUT2D eigenvalue weighted by atomic mass is 16.3. The molecule has 0 unspecified atom stereocenters. The van der Waals surface area contributed by atoms with E-state index in [4.69, 9.17) is 10.4 Å². The molecule has 0 aromatic heterocycles. The molecule has 0 saturated heterocycles. The van der Waals surface area contributed by atoms with Crippen molar-refractivity contribution in [2.24, 2.45) is 0 Å². The maximum Gasteiger partial charge on any atom is 0.163 e. The Morgan fingerprint density at radius 2 is 2.29 bits per heavy atom. The highest BCUT2D eigenvalue weighted by molar-refractivity contribution is 5.96. The van der Waals surface area contributed by atoms with Crippen LogP contribution in [0.3, 0.4) is 0 Å². The monoisotopic (exact) mass is 189 g/mol. The summed E-state index contributed by atoms with van der Waals surface area (Å²) < 4.78 is 0. The fourth-order valence-electron chi connectivity index (χ4n) is 1.15. The van der Waals surface area contributed by atoms with Crippen LogP contribution in [-0.4, -0.2) is 10.9 Å². The van der Waals surface area contributed by atoms with Gasteiger partial charge in [0, 0.05) is 18.4 Å². The Bertz CT molecular complexity index is 366. The van der Waals surface area contributed by atoms with Crippen LogP contribution in [0.15, 0.2) is 24.3 Å². The first-order chi connectivity index (χ1) is 6.74. The van der Waals surface area contributed by atoms with Crippen molar-refractivity contribution < 1.29 is 9.90 Å². The second-order valence-electron chi connectivity index (χ2n) is 2.99. The Balaban J connectivity index is 2.57. The third kappa shape index (κ3) is 2.91. The summed E-state index contributed by atoms with van der Waals surface area (Å²) in [5.41, 5.74) is 0.503. The minimum atomic E-state index is -0.0313. The van der Waals surface area contributed by atoms with Gasteiger partial charge in [0.25, 0.3) is 0 Å². The minimum Gasteiger partial charge on any atom is -0.508 e. The predicted molar refractivity (Wildman–Crippen MR) is 51.9 cm³/mol. The Morgan fingerprint density at radius 1 is 1.50 bits per heavy atom. The van der Waals surface area contributed by atoms with Gasteiger partial charge in [0.15, 0.2) is 5.78 Å². The van der Waals surface area contributed by atoms with Crippen LogP contribution in [0.2, 0.25) is 0 Å². The lowest BCUT2D eigenvalue weighted by Crippen LogP contribution is -1.97. The van der Waals surface area contributed by atoms with Crippen molar-refractivity contribution in [2.75, 3.05) is 0 Å². The van der Waals surface area contributed by atoms with Crippen LogP contribution in [0.1, 0.15) is 29.6 Å². The van der Waals surface area contributed by atoms with Crippen molar-refractivity contribution in [2.45, 2.75) is 19.3 Å². The molecule has 72 valence electrons. The van der Waals surface area contributed by atoms with Gasteiger partial charge in [-0.3, -0.25) is 4.79 Å². The third-order valence-electron chi connectivity index (χ3n) is 1.86. The van der Waals surface area contributed by atoms with E-state index < -0.39 is 0 Å². The maximum atomic E-state index is 11.5. The lowest BCUT2D eigenvalue weighted by atomic mass is 10.1. The van der Waals surface area contributed by atoms with Gasteiger partial charge in [-0.15, -0.1) is 0 Å². The van der Waals surface area contributed by atoms with E-state index in [0.29, 0.717) is 24.8 Å². The van der Waals surface area contributed by atoms with Crippen LogP contribution in [-0.2, 0) is 0 Å². The average molecular weight is 189 g/mol. The van der Waals surface area contributed by atoms with Crippen LogP contribution in [0.5, 0.6) is 5.75 Å². The average Bonchev–Trinajstić information content (AvgIpc) is 2.18. The number of nitriles is 1. The number of phenols is 1. The lowest BCUT2D eigenvalue weighted by molar-refractivity contribution is 0.0980. The van der Waals surface area contributed by atoms with Crippen LogP contribution >= 0.6 is 0 Å². The quantitative estimate of drug-likeness (QED) is 0.583. The highest BCUT2D eigenvalue weighted by Crippen LogP contribution is 2.13. The van der Waals surface area contributed by atoms with E-state index in [9.17, 15) is 4.79 Å². The number of hydrogen-bond acceptors (Lipinski definition) is 3. The first kappa shape index (κ1) is 10.3. The number of ketones is 1. The lowest BCUT2D eigenvalue weighted by Gasteiger charge is -1.99. The molecule has 3 nitrogen and oxygen atoms in total. The molecule has 1 N–H and O–H groups in total. The van der Waals surface area contributed by atoms with Crippen LogP contribution in [0.4, 0.5) is 0 Å². The van der Waals surface area contributed by atoms with Gasteiger partial charge in [-0.1, -0.05) is 12.1 Å². The number of benzene rings is 1. The first-order valence-electron chi connectivity index (χ1n) is 4.43. The number of carbonyl (C=O) groups is 1. The SMILES string of the molecule is N#CCCCC(=O)c1cccc(O)c1. The number of nitrogens with zero attached hydrogens (tertiary/aromatic N) is 1. The fraction of sp³-hybridized carbons (Fsp3) is 0.273. The summed E-state index contributed by atoms with van der Waals surface area (Å²) >= 11 is 0. The molecule has 1 rings (SSSR count). The zero-order valence-corrected chi connectivity index (χ0v) is 7.73. The zero-order valence-electron chi connectivity index (χ0n) is 7.73. The molecule has 0 fully saturated rings. The standard InChI is InChI=1S/C11H11NO2/c12-7-2-1-6-11(14)9-4-3-5-10(13)8-9/h3-5,8,13H,1-2,6H2. The summed E-state index contributed by atoms with van der Waals surface area (Å²) in [7, 11) is 0. The number of unbranched alkanes of at least 4 members (excludes halogenated alkanes) is 1. The molecule has 0 spiro atoms. The Morgan fingerprint density at radius 3 is 2.93 bits per heavy atom. The largest absolute Gasteiger partial charge is 0.508 e. The molecule has 0 atom stereocenters. The summed E-state index contributed by atoms with van der Waals surface area (Å²) in [4.78, 5) is 11.5. The fourth-order valence-corrected chi connectivity index (χ4v) is 1.15. The van der Waals surface area contributed by atoms with Gasteiger partial charge >= 0.3 is 0 Å². The Hall–Kier alpha value is -1.82. The second kappa shape index (κ2) is 5.03. The highest BCUT2D eigenvalue weighted by Gasteiger charge is 2.05. The summed E-state index contributed by atoms with van der Waals surface area (Å²) in [5, 5.41) is 17.4. The van der Waals surface area contributed by atoms with Crippen molar-refractivity contribution in [3.05, 3.63) is 29.8 Å². The van der Waals surface area contributed by atoms with Gasteiger partial charge in [0.1, 0.15) is 5.75 Å². The van der Waals surface area contributed by atoms with Gasteiger partial charge in [-0.2, -0.15) is 5.26 Å². The second-order valence-corrected chi connectivity index (χ2v) is 2.99. The van der Waals surface area contributed by atoms with Crippen molar-refractivity contribution in [1.82, 2.24) is 0 Å². The smallest absolute Gasteiger partial charge is 0.163 e. The van der Waals surface area contributed by atoms with Gasteiger partial charge in [0.05, 0.1) is 6.07 Å². The Kier molecular flexibility index (Phi) is 3.69. The van der Waals surface area contributed by atoms with Gasteiger partial charge in [-0.05, 0) is 18.6 Å². The summed E-state index contributed by atoms with van der Waals surface area (Å²) in [6.45, 7) is 0. The van der Waals surface area contributed by atoms with E-state index in [1.54, 1.807) is 12.1 Å². The van der Waals surface area contributed by atoms with E-state index >= 15 is 0 Å². The molecule has 0 aliphatic carbocycles. The molecule has 0 radical (unpaired) electrons. The van der Waals surface area contributed by atoms with Gasteiger partial charge in [-0.25, -0.2) is 0 Å². The molecule has 0 aliphatic heterocycles. The molecule has 1 aromatic rings. The summed E-state index contributed by atoms with van der Waals surface area (Å²) in [5.74, 6) is 0.0623. The normalized spacial score (nSPS) is 9.36. The number of carbonyl (C=O) groups excluding carboxylic acids is 1. The topological polar surface area (TPSA) is 61.1 Å². The molecule has 3 heteroatoms. The number of rotatable bonds is 4. The van der Waals surface area contributed by atoms with Crippen LogP contribution < -0.4 is 0 Å². The van der Waals surface area contributed by atoms with Crippen molar-refractivity contribution in [3.8, 4) is 11.8 Å². The molecule has 0 bridgehead atoms. The third-order valence-corrected chi connectivity index (χ3v) is 1.86.